The van der Waals surface area contributed by atoms with E-state index in [1.165, 1.54) is 0 Å². The van der Waals surface area contributed by atoms with Crippen molar-refractivity contribution < 1.29 is 9.21 Å². The van der Waals surface area contributed by atoms with Crippen LogP contribution in [0.5, 0.6) is 0 Å². The molecule has 0 saturated heterocycles. The predicted octanol–water partition coefficient (Wildman–Crippen LogP) is 3.09. The number of halogens is 1. The molecule has 5 heteroatoms. The third-order valence-electron chi connectivity index (χ3n) is 2.68. The van der Waals surface area contributed by atoms with Crippen molar-refractivity contribution in [2.45, 2.75) is 12.8 Å². The molecule has 1 aromatic carbocycles. The van der Waals surface area contributed by atoms with Crippen molar-refractivity contribution in [3.05, 3.63) is 34.6 Å². The van der Waals surface area contributed by atoms with Crippen molar-refractivity contribution in [3.8, 4) is 11.5 Å². The summed E-state index contributed by atoms with van der Waals surface area (Å²) < 4.78 is 6.37. The largest absolute Gasteiger partial charge is 0.414 e. The molecule has 17 heavy (non-hydrogen) atoms. The number of hydrogen-bond donors (Lipinski definition) is 0. The Morgan fingerprint density at radius 2 is 1.94 bits per heavy atom. The topological polar surface area (TPSA) is 56.0 Å². The Kier molecular flexibility index (Phi) is 2.55. The number of Topliss-reactive ketones (excluding diaryl/α,β-unsaturated/α-hetero) is 1. The molecule has 0 aliphatic heterocycles. The van der Waals surface area contributed by atoms with Crippen molar-refractivity contribution in [1.29, 1.82) is 0 Å². The predicted molar refractivity (Wildman–Crippen MR) is 64.5 cm³/mol. The standard InChI is InChI=1S/C12H9BrN2O2/c13-9-5-3-8(4-6-9)11-14-15-12(17-11)10(16)7-1-2-7/h3-7H,1-2H2. The van der Waals surface area contributed by atoms with Gasteiger partial charge in [-0.05, 0) is 37.1 Å². The molecule has 0 unspecified atom stereocenters. The monoisotopic (exact) mass is 292 g/mol. The summed E-state index contributed by atoms with van der Waals surface area (Å²) in [6.45, 7) is 0. The maximum Gasteiger partial charge on any atom is 0.284 e. The molecular weight excluding hydrogens is 284 g/mol. The second-order valence-corrected chi connectivity index (χ2v) is 4.97. The van der Waals surface area contributed by atoms with Gasteiger partial charge in [0.2, 0.25) is 11.7 Å². The molecule has 1 heterocycles. The smallest absolute Gasteiger partial charge is 0.284 e. The molecule has 0 bridgehead atoms. The molecule has 1 aromatic heterocycles. The van der Waals surface area contributed by atoms with E-state index >= 15 is 0 Å². The molecular formula is C12H9BrN2O2. The molecule has 4 nitrogen and oxygen atoms in total. The van der Waals surface area contributed by atoms with Crippen molar-refractivity contribution in [2.24, 2.45) is 5.92 Å². The van der Waals surface area contributed by atoms with E-state index in [0.717, 1.165) is 22.9 Å². The first kappa shape index (κ1) is 10.7. The van der Waals surface area contributed by atoms with E-state index in [4.69, 9.17) is 4.42 Å². The van der Waals surface area contributed by atoms with Crippen LogP contribution in [0.15, 0.2) is 33.2 Å². The Hall–Kier alpha value is -1.49. The highest BCUT2D eigenvalue weighted by molar-refractivity contribution is 9.10. The van der Waals surface area contributed by atoms with Gasteiger partial charge in [-0.15, -0.1) is 10.2 Å². The minimum absolute atomic E-state index is 0.0270. The summed E-state index contributed by atoms with van der Waals surface area (Å²) in [5.41, 5.74) is 0.815. The van der Waals surface area contributed by atoms with Crippen molar-refractivity contribution >= 4 is 21.7 Å². The highest BCUT2D eigenvalue weighted by atomic mass is 79.9. The molecule has 1 aliphatic carbocycles. The van der Waals surface area contributed by atoms with E-state index in [1.807, 2.05) is 24.3 Å². The lowest BCUT2D eigenvalue weighted by molar-refractivity contribution is 0.0934. The van der Waals surface area contributed by atoms with Gasteiger partial charge in [-0.1, -0.05) is 15.9 Å². The quantitative estimate of drug-likeness (QED) is 0.816. The van der Waals surface area contributed by atoms with Crippen molar-refractivity contribution in [1.82, 2.24) is 10.2 Å². The molecule has 0 radical (unpaired) electrons. The third kappa shape index (κ3) is 2.15. The first-order valence-electron chi connectivity index (χ1n) is 5.38. The maximum absolute atomic E-state index is 11.7. The number of rotatable bonds is 3. The van der Waals surface area contributed by atoms with E-state index in [0.29, 0.717) is 5.89 Å². The minimum Gasteiger partial charge on any atom is -0.414 e. The van der Waals surface area contributed by atoms with Crippen LogP contribution in [-0.4, -0.2) is 16.0 Å². The highest BCUT2D eigenvalue weighted by Gasteiger charge is 2.34. The Morgan fingerprint density at radius 3 is 2.59 bits per heavy atom. The van der Waals surface area contributed by atoms with Crippen LogP contribution in [0.4, 0.5) is 0 Å². The van der Waals surface area contributed by atoms with Gasteiger partial charge in [-0.3, -0.25) is 4.79 Å². The van der Waals surface area contributed by atoms with Gasteiger partial charge in [0.1, 0.15) is 0 Å². The van der Waals surface area contributed by atoms with E-state index < -0.39 is 0 Å². The van der Waals surface area contributed by atoms with Crippen LogP contribution in [0.2, 0.25) is 0 Å². The van der Waals surface area contributed by atoms with Gasteiger partial charge in [-0.25, -0.2) is 0 Å². The SMILES string of the molecule is O=C(c1nnc(-c2ccc(Br)cc2)o1)C1CC1. The van der Waals surface area contributed by atoms with Crippen LogP contribution in [0.1, 0.15) is 23.5 Å². The fourth-order valence-electron chi connectivity index (χ4n) is 1.55. The number of benzene rings is 1. The lowest BCUT2D eigenvalue weighted by Gasteiger charge is -1.94. The van der Waals surface area contributed by atoms with E-state index in [9.17, 15) is 4.79 Å². The fourth-order valence-corrected chi connectivity index (χ4v) is 1.82. The molecule has 0 atom stereocenters. The van der Waals surface area contributed by atoms with Crippen molar-refractivity contribution in [3.63, 3.8) is 0 Å². The zero-order valence-electron chi connectivity index (χ0n) is 8.89. The number of aromatic nitrogens is 2. The number of ketones is 1. The summed E-state index contributed by atoms with van der Waals surface area (Å²) in [6, 6.07) is 7.51. The summed E-state index contributed by atoms with van der Waals surface area (Å²) >= 11 is 3.35. The van der Waals surface area contributed by atoms with Crippen LogP contribution < -0.4 is 0 Å². The van der Waals surface area contributed by atoms with E-state index in [2.05, 4.69) is 26.1 Å². The fraction of sp³-hybridized carbons (Fsp3) is 0.250. The molecule has 0 N–H and O–H groups in total. The normalized spacial score (nSPS) is 14.9. The second-order valence-electron chi connectivity index (χ2n) is 4.06. The van der Waals surface area contributed by atoms with Gasteiger partial charge >= 0.3 is 0 Å². The second kappa shape index (κ2) is 4.07. The Morgan fingerprint density at radius 1 is 1.24 bits per heavy atom. The van der Waals surface area contributed by atoms with Gasteiger partial charge in [-0.2, -0.15) is 0 Å². The number of nitrogens with zero attached hydrogens (tertiary/aromatic N) is 2. The Labute approximate surface area is 106 Å². The Balaban J connectivity index is 1.88. The molecule has 3 rings (SSSR count). The van der Waals surface area contributed by atoms with E-state index in [1.54, 1.807) is 0 Å². The van der Waals surface area contributed by atoms with Crippen LogP contribution in [-0.2, 0) is 0 Å². The Bertz CT molecular complexity index is 558. The maximum atomic E-state index is 11.7. The lowest BCUT2D eigenvalue weighted by atomic mass is 10.2. The molecule has 0 amide bonds. The van der Waals surface area contributed by atoms with E-state index in [-0.39, 0.29) is 17.6 Å². The zero-order valence-corrected chi connectivity index (χ0v) is 10.5. The number of carbonyl (C=O) groups is 1. The summed E-state index contributed by atoms with van der Waals surface area (Å²) in [5, 5.41) is 7.69. The average molecular weight is 293 g/mol. The molecule has 1 saturated carbocycles. The van der Waals surface area contributed by atoms with Crippen LogP contribution >= 0.6 is 15.9 Å². The molecule has 1 fully saturated rings. The van der Waals surface area contributed by atoms with Gasteiger partial charge in [0.05, 0.1) is 0 Å². The lowest BCUT2D eigenvalue weighted by Crippen LogP contribution is -2.01. The summed E-state index contributed by atoms with van der Waals surface area (Å²) in [7, 11) is 0. The average Bonchev–Trinajstić information content (AvgIpc) is 3.07. The van der Waals surface area contributed by atoms with Crippen LogP contribution in [0, 0.1) is 5.92 Å². The molecule has 2 aromatic rings. The summed E-state index contributed by atoms with van der Waals surface area (Å²) in [5.74, 6) is 0.598. The van der Waals surface area contributed by atoms with Crippen LogP contribution in [0.3, 0.4) is 0 Å². The summed E-state index contributed by atoms with van der Waals surface area (Å²) in [4.78, 5) is 11.7. The minimum atomic E-state index is -0.0270. The zero-order chi connectivity index (χ0) is 11.8. The first-order chi connectivity index (χ1) is 8.24. The highest BCUT2D eigenvalue weighted by Crippen LogP contribution is 2.32. The summed E-state index contributed by atoms with van der Waals surface area (Å²) in [6.07, 6.45) is 1.88. The van der Waals surface area contributed by atoms with Gasteiger partial charge in [0, 0.05) is 16.0 Å². The molecule has 1 aliphatic rings. The molecule has 0 spiro atoms. The van der Waals surface area contributed by atoms with Crippen LogP contribution in [0.25, 0.3) is 11.5 Å². The third-order valence-corrected chi connectivity index (χ3v) is 3.20. The molecule has 86 valence electrons. The number of carbonyl (C=O) groups excluding carboxylic acids is 1. The van der Waals surface area contributed by atoms with Gasteiger partial charge in [0.25, 0.3) is 5.89 Å². The van der Waals surface area contributed by atoms with Gasteiger partial charge in [0.15, 0.2) is 0 Å². The van der Waals surface area contributed by atoms with Crippen molar-refractivity contribution in [2.75, 3.05) is 0 Å². The van der Waals surface area contributed by atoms with Gasteiger partial charge < -0.3 is 4.42 Å². The first-order valence-corrected chi connectivity index (χ1v) is 6.17. The number of hydrogen-bond acceptors (Lipinski definition) is 4.